The summed E-state index contributed by atoms with van der Waals surface area (Å²) in [5.74, 6) is 1.63. The zero-order chi connectivity index (χ0) is 13.5. The molecule has 0 aliphatic carbocycles. The van der Waals surface area contributed by atoms with Crippen LogP contribution in [0.1, 0.15) is 13.3 Å². The fourth-order valence-electron chi connectivity index (χ4n) is 1.65. The van der Waals surface area contributed by atoms with Crippen LogP contribution < -0.4 is 20.5 Å². The molecule has 1 unspecified atom stereocenters. The van der Waals surface area contributed by atoms with E-state index in [-0.39, 0.29) is 6.61 Å². The molecule has 1 aromatic carbocycles. The Kier molecular flexibility index (Phi) is 5.58. The molecule has 0 spiro atoms. The fourth-order valence-corrected chi connectivity index (χ4v) is 1.65. The molecule has 1 atom stereocenters. The van der Waals surface area contributed by atoms with E-state index in [0.717, 1.165) is 18.7 Å². The van der Waals surface area contributed by atoms with Crippen LogP contribution in [0.25, 0.3) is 0 Å². The van der Waals surface area contributed by atoms with Crippen LogP contribution in [0.4, 0.5) is 11.4 Å². The van der Waals surface area contributed by atoms with Gasteiger partial charge in [0, 0.05) is 25.3 Å². The number of aliphatic hydroxyl groups excluding tert-OH is 1. The van der Waals surface area contributed by atoms with Gasteiger partial charge in [-0.25, -0.2) is 0 Å². The van der Waals surface area contributed by atoms with E-state index in [1.165, 1.54) is 0 Å². The average Bonchev–Trinajstić information content (AvgIpc) is 2.37. The van der Waals surface area contributed by atoms with Gasteiger partial charge in [-0.15, -0.1) is 0 Å². The molecule has 0 saturated carbocycles. The Balaban J connectivity index is 2.76. The number of hydrogen-bond donors (Lipinski definition) is 3. The van der Waals surface area contributed by atoms with Gasteiger partial charge in [0.1, 0.15) is 0 Å². The van der Waals surface area contributed by atoms with E-state index in [1.54, 1.807) is 20.3 Å². The number of methoxy groups -OCH3 is 2. The third-order valence-electron chi connectivity index (χ3n) is 2.82. The van der Waals surface area contributed by atoms with Crippen molar-refractivity contribution in [2.24, 2.45) is 5.92 Å². The predicted octanol–water partition coefficient (Wildman–Crippen LogP) is 1.72. The zero-order valence-corrected chi connectivity index (χ0v) is 11.2. The number of hydrogen-bond acceptors (Lipinski definition) is 5. The van der Waals surface area contributed by atoms with Crippen LogP contribution in [-0.2, 0) is 0 Å². The van der Waals surface area contributed by atoms with Gasteiger partial charge in [0.2, 0.25) is 0 Å². The highest BCUT2D eigenvalue weighted by Gasteiger charge is 2.09. The van der Waals surface area contributed by atoms with Gasteiger partial charge >= 0.3 is 0 Å². The molecule has 4 N–H and O–H groups in total. The summed E-state index contributed by atoms with van der Waals surface area (Å²) in [5.41, 5.74) is 7.37. The highest BCUT2D eigenvalue weighted by molar-refractivity contribution is 5.72. The molecule has 0 saturated heterocycles. The van der Waals surface area contributed by atoms with Crippen LogP contribution in [0, 0.1) is 5.92 Å². The standard InChI is InChI=1S/C13H22N2O3/c1-9(4-5-16)8-15-11-7-13(18-3)12(17-2)6-10(11)14/h6-7,9,15-16H,4-5,8,14H2,1-3H3. The smallest absolute Gasteiger partial charge is 0.162 e. The first-order chi connectivity index (χ1) is 8.62. The van der Waals surface area contributed by atoms with Crippen LogP contribution in [0.2, 0.25) is 0 Å². The summed E-state index contributed by atoms with van der Waals surface area (Å²) in [5, 5.41) is 12.1. The first-order valence-corrected chi connectivity index (χ1v) is 5.98. The van der Waals surface area contributed by atoms with E-state index < -0.39 is 0 Å². The van der Waals surface area contributed by atoms with Crippen LogP contribution >= 0.6 is 0 Å². The maximum atomic E-state index is 8.85. The number of benzene rings is 1. The van der Waals surface area contributed by atoms with Crippen LogP contribution in [0.3, 0.4) is 0 Å². The monoisotopic (exact) mass is 254 g/mol. The Hall–Kier alpha value is -1.62. The van der Waals surface area contributed by atoms with Gasteiger partial charge in [0.25, 0.3) is 0 Å². The van der Waals surface area contributed by atoms with Gasteiger partial charge in [-0.3, -0.25) is 0 Å². The summed E-state index contributed by atoms with van der Waals surface area (Å²) in [6.45, 7) is 3.02. The number of aliphatic hydroxyl groups is 1. The van der Waals surface area contributed by atoms with Gasteiger partial charge in [-0.05, 0) is 12.3 Å². The lowest BCUT2D eigenvalue weighted by molar-refractivity contribution is 0.266. The molecule has 0 aliphatic heterocycles. The number of ether oxygens (including phenoxy) is 2. The normalized spacial score (nSPS) is 12.0. The van der Waals surface area contributed by atoms with Gasteiger partial charge in [0.05, 0.1) is 25.6 Å². The third-order valence-corrected chi connectivity index (χ3v) is 2.82. The number of anilines is 2. The van der Waals surface area contributed by atoms with Gasteiger partial charge in [-0.1, -0.05) is 6.92 Å². The van der Waals surface area contributed by atoms with Crippen molar-refractivity contribution < 1.29 is 14.6 Å². The molecule has 0 aliphatic rings. The molecule has 1 aromatic rings. The second-order valence-electron chi connectivity index (χ2n) is 4.29. The number of nitrogens with one attached hydrogen (secondary N) is 1. The topological polar surface area (TPSA) is 76.7 Å². The molecular formula is C13H22N2O3. The second-order valence-corrected chi connectivity index (χ2v) is 4.29. The quantitative estimate of drug-likeness (QED) is 0.646. The van der Waals surface area contributed by atoms with Crippen LogP contribution in [0.5, 0.6) is 11.5 Å². The lowest BCUT2D eigenvalue weighted by Gasteiger charge is -2.16. The molecule has 5 nitrogen and oxygen atoms in total. The summed E-state index contributed by atoms with van der Waals surface area (Å²) in [4.78, 5) is 0. The fraction of sp³-hybridized carbons (Fsp3) is 0.538. The first-order valence-electron chi connectivity index (χ1n) is 5.98. The maximum Gasteiger partial charge on any atom is 0.162 e. The molecule has 5 heteroatoms. The summed E-state index contributed by atoms with van der Waals surface area (Å²) < 4.78 is 10.4. The summed E-state index contributed by atoms with van der Waals surface area (Å²) in [6, 6.07) is 3.55. The molecule has 102 valence electrons. The van der Waals surface area contributed by atoms with Crippen molar-refractivity contribution in [2.75, 3.05) is 38.4 Å². The van der Waals surface area contributed by atoms with E-state index in [2.05, 4.69) is 12.2 Å². The van der Waals surface area contributed by atoms with Crippen molar-refractivity contribution in [3.63, 3.8) is 0 Å². The minimum absolute atomic E-state index is 0.199. The van der Waals surface area contributed by atoms with Crippen molar-refractivity contribution >= 4 is 11.4 Å². The molecule has 1 rings (SSSR count). The zero-order valence-electron chi connectivity index (χ0n) is 11.2. The Morgan fingerprint density at radius 3 is 2.44 bits per heavy atom. The van der Waals surface area contributed by atoms with Gasteiger partial charge in [0.15, 0.2) is 11.5 Å². The van der Waals surface area contributed by atoms with E-state index in [1.807, 2.05) is 6.07 Å². The Morgan fingerprint density at radius 2 is 1.89 bits per heavy atom. The SMILES string of the molecule is COc1cc(N)c(NCC(C)CCO)cc1OC. The van der Waals surface area contributed by atoms with E-state index >= 15 is 0 Å². The Bertz CT molecular complexity index is 383. The van der Waals surface area contributed by atoms with Crippen molar-refractivity contribution in [3.05, 3.63) is 12.1 Å². The molecule has 0 radical (unpaired) electrons. The predicted molar refractivity (Wildman–Crippen MR) is 73.3 cm³/mol. The third kappa shape index (κ3) is 3.70. The van der Waals surface area contributed by atoms with Gasteiger partial charge < -0.3 is 25.6 Å². The van der Waals surface area contributed by atoms with Crippen molar-refractivity contribution in [3.8, 4) is 11.5 Å². The molecule has 18 heavy (non-hydrogen) atoms. The first kappa shape index (κ1) is 14.4. The summed E-state index contributed by atoms with van der Waals surface area (Å²) in [6.07, 6.45) is 0.764. The van der Waals surface area contributed by atoms with Crippen molar-refractivity contribution in [2.45, 2.75) is 13.3 Å². The Labute approximate surface area is 108 Å². The minimum atomic E-state index is 0.199. The molecule has 0 bridgehead atoms. The van der Waals surface area contributed by atoms with Crippen molar-refractivity contribution in [1.82, 2.24) is 0 Å². The highest BCUT2D eigenvalue weighted by atomic mass is 16.5. The van der Waals surface area contributed by atoms with Crippen LogP contribution in [0.15, 0.2) is 12.1 Å². The van der Waals surface area contributed by atoms with Gasteiger partial charge in [-0.2, -0.15) is 0 Å². The van der Waals surface area contributed by atoms with Crippen molar-refractivity contribution in [1.29, 1.82) is 0 Å². The molecule has 0 fully saturated rings. The number of rotatable bonds is 7. The second kappa shape index (κ2) is 6.96. The Morgan fingerprint density at radius 1 is 1.28 bits per heavy atom. The average molecular weight is 254 g/mol. The lowest BCUT2D eigenvalue weighted by atomic mass is 10.1. The van der Waals surface area contributed by atoms with Crippen LogP contribution in [-0.4, -0.2) is 32.5 Å². The van der Waals surface area contributed by atoms with E-state index in [4.69, 9.17) is 20.3 Å². The number of nitrogens with two attached hydrogens (primary N) is 1. The van der Waals surface area contributed by atoms with E-state index in [9.17, 15) is 0 Å². The lowest BCUT2D eigenvalue weighted by Crippen LogP contribution is -2.13. The minimum Gasteiger partial charge on any atom is -0.493 e. The highest BCUT2D eigenvalue weighted by Crippen LogP contribution is 2.34. The maximum absolute atomic E-state index is 8.85. The summed E-state index contributed by atoms with van der Waals surface area (Å²) >= 11 is 0. The largest absolute Gasteiger partial charge is 0.493 e. The summed E-state index contributed by atoms with van der Waals surface area (Å²) in [7, 11) is 3.17. The molecule has 0 amide bonds. The molecule has 0 aromatic heterocycles. The van der Waals surface area contributed by atoms with E-state index in [0.29, 0.717) is 23.1 Å². The molecular weight excluding hydrogens is 232 g/mol. The molecule has 0 heterocycles. The number of nitrogen functional groups attached to an aromatic ring is 1.